The van der Waals surface area contributed by atoms with Crippen molar-refractivity contribution < 1.29 is 4.79 Å². The normalized spacial score (nSPS) is 10.6. The van der Waals surface area contributed by atoms with Crippen LogP contribution in [0.4, 0.5) is 0 Å². The van der Waals surface area contributed by atoms with Gasteiger partial charge in [0.1, 0.15) is 0 Å². The molecule has 2 N–H and O–H groups in total. The molecule has 1 aromatic carbocycles. The Kier molecular flexibility index (Phi) is 5.14. The lowest BCUT2D eigenvalue weighted by atomic mass is 10.1. The summed E-state index contributed by atoms with van der Waals surface area (Å²) in [5, 5.41) is 9.59. The topological polar surface area (TPSA) is 79.8 Å². The summed E-state index contributed by atoms with van der Waals surface area (Å²) in [6.45, 7) is 2.76. The van der Waals surface area contributed by atoms with Gasteiger partial charge in [0, 0.05) is 24.5 Å². The van der Waals surface area contributed by atoms with Crippen molar-refractivity contribution in [2.45, 2.75) is 20.0 Å². The molecule has 0 aliphatic heterocycles. The molecule has 6 nitrogen and oxygen atoms in total. The fraction of sp³-hybridized carbons (Fsp3) is 0.167. The second-order valence-electron chi connectivity index (χ2n) is 5.68. The van der Waals surface area contributed by atoms with Gasteiger partial charge in [0.2, 0.25) is 0 Å². The lowest BCUT2D eigenvalue weighted by Crippen LogP contribution is -2.23. The third kappa shape index (κ3) is 4.06. The van der Waals surface area contributed by atoms with Crippen LogP contribution < -0.4 is 10.9 Å². The van der Waals surface area contributed by atoms with Crippen molar-refractivity contribution in [2.75, 3.05) is 0 Å². The van der Waals surface area contributed by atoms with E-state index in [1.165, 1.54) is 0 Å². The molecule has 0 radical (unpaired) electrons. The molecule has 1 amide bonds. The molecule has 2 heterocycles. The van der Waals surface area contributed by atoms with E-state index in [1.54, 1.807) is 22.9 Å². The molecule has 7 heteroatoms. The number of hydrogen-bond donors (Lipinski definition) is 2. The number of carbonyl (C=O) groups excluding carboxylic acids is 1. The van der Waals surface area contributed by atoms with Gasteiger partial charge in [-0.3, -0.25) is 14.7 Å². The second-order valence-corrected chi connectivity index (χ2v) is 6.47. The number of nitrogens with one attached hydrogen (secondary N) is 2. The standard InChI is InChI=1S/C18H17BrN4O2/c1-12-16(19)17(22-21-12)18(25)20-10-13-5-7-14(8-6-13)11-23-9-3-2-4-15(23)24/h2-9H,10-11H2,1H3,(H,20,25)(H,21,22). The van der Waals surface area contributed by atoms with Crippen LogP contribution in [0.2, 0.25) is 0 Å². The molecule has 0 fully saturated rings. The van der Waals surface area contributed by atoms with Crippen molar-refractivity contribution >= 4 is 21.8 Å². The van der Waals surface area contributed by atoms with E-state index < -0.39 is 0 Å². The molecular weight excluding hydrogens is 384 g/mol. The monoisotopic (exact) mass is 400 g/mol. The Labute approximate surface area is 153 Å². The van der Waals surface area contributed by atoms with Gasteiger partial charge in [-0.05, 0) is 40.0 Å². The molecule has 0 saturated carbocycles. The minimum Gasteiger partial charge on any atom is -0.347 e. The van der Waals surface area contributed by atoms with Gasteiger partial charge in [0.15, 0.2) is 5.69 Å². The van der Waals surface area contributed by atoms with Crippen LogP contribution in [0.1, 0.15) is 27.3 Å². The summed E-state index contributed by atoms with van der Waals surface area (Å²) in [7, 11) is 0. The van der Waals surface area contributed by atoms with Crippen LogP contribution in [0.5, 0.6) is 0 Å². The Morgan fingerprint density at radius 3 is 2.56 bits per heavy atom. The first kappa shape index (κ1) is 17.2. The Bertz CT molecular complexity index is 944. The van der Waals surface area contributed by atoms with Crippen LogP contribution >= 0.6 is 15.9 Å². The Morgan fingerprint density at radius 1 is 1.20 bits per heavy atom. The predicted octanol–water partition coefficient (Wildman–Crippen LogP) is 2.62. The summed E-state index contributed by atoms with van der Waals surface area (Å²) < 4.78 is 2.32. The average molecular weight is 401 g/mol. The van der Waals surface area contributed by atoms with Crippen molar-refractivity contribution in [3.63, 3.8) is 0 Å². The van der Waals surface area contributed by atoms with Gasteiger partial charge < -0.3 is 9.88 Å². The van der Waals surface area contributed by atoms with E-state index in [4.69, 9.17) is 0 Å². The Hall–Kier alpha value is -2.67. The number of amides is 1. The highest BCUT2D eigenvalue weighted by atomic mass is 79.9. The molecule has 2 aromatic heterocycles. The van der Waals surface area contributed by atoms with E-state index in [-0.39, 0.29) is 11.5 Å². The molecule has 0 bridgehead atoms. The summed E-state index contributed by atoms with van der Waals surface area (Å²) >= 11 is 3.34. The third-order valence-corrected chi connectivity index (χ3v) is 4.79. The fourth-order valence-electron chi connectivity index (χ4n) is 2.38. The number of hydrogen-bond acceptors (Lipinski definition) is 3. The number of aryl methyl sites for hydroxylation is 1. The zero-order chi connectivity index (χ0) is 17.8. The Morgan fingerprint density at radius 2 is 1.92 bits per heavy atom. The first-order valence-electron chi connectivity index (χ1n) is 7.76. The van der Waals surface area contributed by atoms with Crippen molar-refractivity contribution in [1.82, 2.24) is 20.1 Å². The largest absolute Gasteiger partial charge is 0.347 e. The van der Waals surface area contributed by atoms with E-state index in [1.807, 2.05) is 37.3 Å². The molecular formula is C18H17BrN4O2. The number of halogens is 1. The van der Waals surface area contributed by atoms with Crippen LogP contribution in [0, 0.1) is 6.92 Å². The van der Waals surface area contributed by atoms with Crippen molar-refractivity contribution in [3.8, 4) is 0 Å². The van der Waals surface area contributed by atoms with Gasteiger partial charge >= 0.3 is 0 Å². The number of aromatic nitrogens is 3. The van der Waals surface area contributed by atoms with E-state index in [2.05, 4.69) is 31.4 Å². The maximum absolute atomic E-state index is 12.1. The molecule has 128 valence electrons. The summed E-state index contributed by atoms with van der Waals surface area (Å²) in [6, 6.07) is 12.9. The average Bonchev–Trinajstić information content (AvgIpc) is 2.95. The van der Waals surface area contributed by atoms with Crippen LogP contribution in [0.3, 0.4) is 0 Å². The number of rotatable bonds is 5. The van der Waals surface area contributed by atoms with Gasteiger partial charge in [-0.25, -0.2) is 0 Å². The zero-order valence-electron chi connectivity index (χ0n) is 13.6. The van der Waals surface area contributed by atoms with E-state index >= 15 is 0 Å². The zero-order valence-corrected chi connectivity index (χ0v) is 15.2. The van der Waals surface area contributed by atoms with Gasteiger partial charge in [0.25, 0.3) is 11.5 Å². The highest BCUT2D eigenvalue weighted by Gasteiger charge is 2.15. The molecule has 0 aliphatic carbocycles. The smallest absolute Gasteiger partial charge is 0.273 e. The number of carbonyl (C=O) groups is 1. The van der Waals surface area contributed by atoms with Crippen molar-refractivity contribution in [3.05, 3.63) is 86.0 Å². The number of aromatic amines is 1. The second kappa shape index (κ2) is 7.48. The molecule has 0 aliphatic rings. The number of nitrogens with zero attached hydrogens (tertiary/aromatic N) is 2. The highest BCUT2D eigenvalue weighted by Crippen LogP contribution is 2.17. The van der Waals surface area contributed by atoms with E-state index in [0.717, 1.165) is 16.8 Å². The molecule has 3 aromatic rings. The molecule has 0 unspecified atom stereocenters. The van der Waals surface area contributed by atoms with Crippen LogP contribution in [-0.4, -0.2) is 20.7 Å². The summed E-state index contributed by atoms with van der Waals surface area (Å²) in [5.41, 5.74) is 3.12. The third-order valence-electron chi connectivity index (χ3n) is 3.82. The first-order chi connectivity index (χ1) is 12.0. The van der Waals surface area contributed by atoms with Gasteiger partial charge in [-0.15, -0.1) is 0 Å². The van der Waals surface area contributed by atoms with Crippen molar-refractivity contribution in [1.29, 1.82) is 0 Å². The lowest BCUT2D eigenvalue weighted by Gasteiger charge is -2.07. The van der Waals surface area contributed by atoms with E-state index in [9.17, 15) is 9.59 Å². The molecule has 0 atom stereocenters. The van der Waals surface area contributed by atoms with E-state index in [0.29, 0.717) is 23.3 Å². The minimum atomic E-state index is -0.240. The number of benzene rings is 1. The summed E-state index contributed by atoms with van der Waals surface area (Å²) in [5.74, 6) is -0.240. The lowest BCUT2D eigenvalue weighted by molar-refractivity contribution is 0.0945. The molecule has 0 spiro atoms. The molecule has 25 heavy (non-hydrogen) atoms. The molecule has 3 rings (SSSR count). The van der Waals surface area contributed by atoms with Crippen LogP contribution in [0.15, 0.2) is 57.9 Å². The maximum atomic E-state index is 12.1. The number of H-pyrrole nitrogens is 1. The van der Waals surface area contributed by atoms with Gasteiger partial charge in [-0.2, -0.15) is 5.10 Å². The SMILES string of the molecule is Cc1[nH]nc(C(=O)NCc2ccc(Cn3ccccc3=O)cc2)c1Br. The summed E-state index contributed by atoms with van der Waals surface area (Å²) in [6.07, 6.45) is 1.76. The molecule has 0 saturated heterocycles. The quantitative estimate of drug-likeness (QED) is 0.690. The van der Waals surface area contributed by atoms with Crippen LogP contribution in [-0.2, 0) is 13.1 Å². The first-order valence-corrected chi connectivity index (χ1v) is 8.56. The fourth-order valence-corrected chi connectivity index (χ4v) is 2.74. The maximum Gasteiger partial charge on any atom is 0.273 e. The minimum absolute atomic E-state index is 0.0290. The summed E-state index contributed by atoms with van der Waals surface area (Å²) in [4.78, 5) is 23.9. The predicted molar refractivity (Wildman–Crippen MR) is 98.4 cm³/mol. The number of pyridine rings is 1. The highest BCUT2D eigenvalue weighted by molar-refractivity contribution is 9.10. The van der Waals surface area contributed by atoms with Gasteiger partial charge in [-0.1, -0.05) is 30.3 Å². The Balaban J connectivity index is 1.61. The van der Waals surface area contributed by atoms with Crippen LogP contribution in [0.25, 0.3) is 0 Å². The van der Waals surface area contributed by atoms with Crippen molar-refractivity contribution in [2.24, 2.45) is 0 Å². The van der Waals surface area contributed by atoms with Gasteiger partial charge in [0.05, 0.1) is 11.0 Å².